The van der Waals surface area contributed by atoms with Crippen molar-refractivity contribution in [2.24, 2.45) is 0 Å². The molecule has 0 unspecified atom stereocenters. The number of hydrogen-bond donors (Lipinski definition) is 1. The quantitative estimate of drug-likeness (QED) is 0.546. The predicted octanol–water partition coefficient (Wildman–Crippen LogP) is 2.71. The molecule has 0 saturated heterocycles. The maximum absolute atomic E-state index is 13.2. The van der Waals surface area contributed by atoms with Crippen molar-refractivity contribution in [2.45, 2.75) is 26.7 Å². The zero-order valence-electron chi connectivity index (χ0n) is 16.9. The second-order valence-corrected chi connectivity index (χ2v) is 6.54. The van der Waals surface area contributed by atoms with Crippen molar-refractivity contribution in [1.82, 2.24) is 14.9 Å². The Bertz CT molecular complexity index is 1060. The molecule has 8 heteroatoms. The molecular formula is C22H24FN3O4. The van der Waals surface area contributed by atoms with Crippen molar-refractivity contribution in [3.05, 3.63) is 76.0 Å². The highest BCUT2D eigenvalue weighted by Gasteiger charge is 2.18. The van der Waals surface area contributed by atoms with Gasteiger partial charge in [-0.2, -0.15) is 0 Å². The largest absolute Gasteiger partial charge is 0.351 e. The second kappa shape index (κ2) is 10.1. The Kier molecular flexibility index (Phi) is 7.26. The highest BCUT2D eigenvalue weighted by molar-refractivity contribution is 5.96. The molecule has 3 rings (SSSR count). The molecule has 0 radical (unpaired) electrons. The van der Waals surface area contributed by atoms with Crippen molar-refractivity contribution in [3.63, 3.8) is 0 Å². The minimum absolute atomic E-state index is 0.00985. The summed E-state index contributed by atoms with van der Waals surface area (Å²) in [5.41, 5.74) is 0.678. The van der Waals surface area contributed by atoms with E-state index in [2.05, 4.69) is 10.3 Å². The first-order chi connectivity index (χ1) is 14.5. The first-order valence-corrected chi connectivity index (χ1v) is 9.77. The molecule has 0 bridgehead atoms. The molecule has 0 atom stereocenters. The lowest BCUT2D eigenvalue weighted by Crippen LogP contribution is -2.39. The summed E-state index contributed by atoms with van der Waals surface area (Å²) < 4.78 is 25.5. The molecule has 3 aromatic rings. The molecule has 0 fully saturated rings. The van der Waals surface area contributed by atoms with Crippen LogP contribution in [0, 0.1) is 5.82 Å². The molecule has 0 aliphatic carbocycles. The van der Waals surface area contributed by atoms with Gasteiger partial charge in [0.25, 0.3) is 11.5 Å². The first kappa shape index (κ1) is 21.6. The van der Waals surface area contributed by atoms with Crippen molar-refractivity contribution >= 4 is 16.9 Å². The van der Waals surface area contributed by atoms with Crippen LogP contribution in [0.3, 0.4) is 0 Å². The summed E-state index contributed by atoms with van der Waals surface area (Å²) >= 11 is 0. The Morgan fingerprint density at radius 1 is 1.17 bits per heavy atom. The number of pyridine rings is 2. The van der Waals surface area contributed by atoms with Gasteiger partial charge < -0.3 is 14.8 Å². The Morgan fingerprint density at radius 2 is 1.87 bits per heavy atom. The molecule has 0 aliphatic heterocycles. The lowest BCUT2D eigenvalue weighted by atomic mass is 10.1. The van der Waals surface area contributed by atoms with Crippen molar-refractivity contribution in [3.8, 4) is 0 Å². The fourth-order valence-electron chi connectivity index (χ4n) is 3.10. The van der Waals surface area contributed by atoms with E-state index in [1.807, 2.05) is 13.8 Å². The summed E-state index contributed by atoms with van der Waals surface area (Å²) in [6, 6.07) is 10.9. The summed E-state index contributed by atoms with van der Waals surface area (Å²) in [5, 5.41) is 3.35. The van der Waals surface area contributed by atoms with Crippen molar-refractivity contribution in [1.29, 1.82) is 0 Å². The average Bonchev–Trinajstić information content (AvgIpc) is 2.75. The van der Waals surface area contributed by atoms with Crippen LogP contribution in [0.5, 0.6) is 0 Å². The predicted molar refractivity (Wildman–Crippen MR) is 111 cm³/mol. The average molecular weight is 413 g/mol. The minimum Gasteiger partial charge on any atom is -0.351 e. The van der Waals surface area contributed by atoms with Crippen LogP contribution in [-0.4, -0.2) is 41.5 Å². The third-order valence-corrected chi connectivity index (χ3v) is 4.48. The molecule has 2 aromatic heterocycles. The monoisotopic (exact) mass is 413 g/mol. The summed E-state index contributed by atoms with van der Waals surface area (Å²) in [7, 11) is 0. The van der Waals surface area contributed by atoms with E-state index < -0.39 is 17.8 Å². The zero-order valence-corrected chi connectivity index (χ0v) is 16.9. The van der Waals surface area contributed by atoms with Crippen LogP contribution >= 0.6 is 0 Å². The van der Waals surface area contributed by atoms with Crippen LogP contribution in [0.1, 0.15) is 29.8 Å². The number of ether oxygens (including phenoxy) is 2. The number of halogens is 1. The molecule has 7 nitrogen and oxygen atoms in total. The maximum atomic E-state index is 13.2. The van der Waals surface area contributed by atoms with Gasteiger partial charge in [0.15, 0.2) is 6.29 Å². The number of carbonyl (C=O) groups is 1. The van der Waals surface area contributed by atoms with Crippen LogP contribution in [0.15, 0.2) is 53.5 Å². The third kappa shape index (κ3) is 5.08. The number of nitrogens with zero attached hydrogens (tertiary/aromatic N) is 2. The van der Waals surface area contributed by atoms with Crippen LogP contribution < -0.4 is 10.9 Å². The van der Waals surface area contributed by atoms with Gasteiger partial charge in [-0.25, -0.2) is 9.37 Å². The van der Waals surface area contributed by atoms with Gasteiger partial charge in [0, 0.05) is 24.8 Å². The number of aromatic nitrogens is 2. The normalized spacial score (nSPS) is 11.2. The topological polar surface area (TPSA) is 82.5 Å². The van der Waals surface area contributed by atoms with Gasteiger partial charge in [0.05, 0.1) is 13.1 Å². The van der Waals surface area contributed by atoms with E-state index in [1.165, 1.54) is 22.8 Å². The van der Waals surface area contributed by atoms with Gasteiger partial charge in [-0.15, -0.1) is 0 Å². The van der Waals surface area contributed by atoms with Crippen molar-refractivity contribution < 1.29 is 18.7 Å². The minimum atomic E-state index is -0.590. The number of carbonyl (C=O) groups excluding carboxylic acids is 1. The Hall–Kier alpha value is -3.10. The van der Waals surface area contributed by atoms with Gasteiger partial charge in [-0.3, -0.25) is 14.2 Å². The fraction of sp³-hybridized carbons (Fsp3) is 0.318. The number of nitrogens with one attached hydrogen (secondary N) is 1. The van der Waals surface area contributed by atoms with E-state index in [4.69, 9.17) is 9.47 Å². The smallest absolute Gasteiger partial charge is 0.265 e. The lowest BCUT2D eigenvalue weighted by Gasteiger charge is -2.18. The summed E-state index contributed by atoms with van der Waals surface area (Å²) in [4.78, 5) is 30.2. The number of benzene rings is 1. The zero-order chi connectivity index (χ0) is 21.5. The number of hydrogen-bond acceptors (Lipinski definition) is 5. The third-order valence-electron chi connectivity index (χ3n) is 4.48. The molecule has 30 heavy (non-hydrogen) atoms. The van der Waals surface area contributed by atoms with Crippen LogP contribution in [0.25, 0.3) is 11.0 Å². The molecular weight excluding hydrogens is 389 g/mol. The molecule has 1 N–H and O–H groups in total. The number of amides is 1. The highest BCUT2D eigenvalue weighted by atomic mass is 19.1. The van der Waals surface area contributed by atoms with Gasteiger partial charge in [0.2, 0.25) is 0 Å². The van der Waals surface area contributed by atoms with Crippen LogP contribution in [0.2, 0.25) is 0 Å². The van der Waals surface area contributed by atoms with Gasteiger partial charge >= 0.3 is 0 Å². The van der Waals surface area contributed by atoms with E-state index in [-0.39, 0.29) is 24.5 Å². The summed E-state index contributed by atoms with van der Waals surface area (Å²) in [6.45, 7) is 4.81. The molecule has 0 saturated carbocycles. The molecule has 158 valence electrons. The Morgan fingerprint density at radius 3 is 2.53 bits per heavy atom. The molecule has 2 heterocycles. The molecule has 1 aromatic carbocycles. The van der Waals surface area contributed by atoms with Crippen molar-refractivity contribution in [2.75, 3.05) is 19.8 Å². The standard InChI is InChI=1S/C22H24FN3O4/c1-3-29-19(30-4-2)13-25-21(27)18-12-16-6-5-11-24-20(16)26(22(18)28)14-15-7-9-17(23)10-8-15/h5-12,19H,3-4,13-14H2,1-2H3,(H,25,27). The van der Waals surface area contributed by atoms with Crippen LogP contribution in [0.4, 0.5) is 4.39 Å². The Labute approximate surface area is 173 Å². The number of fused-ring (bicyclic) bond motifs is 1. The molecule has 0 aliphatic rings. The van der Waals surface area contributed by atoms with Gasteiger partial charge in [-0.1, -0.05) is 12.1 Å². The first-order valence-electron chi connectivity index (χ1n) is 9.77. The van der Waals surface area contributed by atoms with E-state index >= 15 is 0 Å². The maximum Gasteiger partial charge on any atom is 0.265 e. The van der Waals surface area contributed by atoms with Gasteiger partial charge in [-0.05, 0) is 49.7 Å². The van der Waals surface area contributed by atoms with E-state index in [0.29, 0.717) is 24.2 Å². The summed E-state index contributed by atoms with van der Waals surface area (Å²) in [6.07, 6.45) is 0.991. The molecule has 0 spiro atoms. The van der Waals surface area contributed by atoms with E-state index in [9.17, 15) is 14.0 Å². The molecule has 1 amide bonds. The second-order valence-electron chi connectivity index (χ2n) is 6.54. The lowest BCUT2D eigenvalue weighted by molar-refractivity contribution is -0.131. The SMILES string of the molecule is CCOC(CNC(=O)c1cc2cccnc2n(Cc2ccc(F)cc2)c1=O)OCC. The Balaban J connectivity index is 1.93. The highest BCUT2D eigenvalue weighted by Crippen LogP contribution is 2.13. The summed E-state index contributed by atoms with van der Waals surface area (Å²) in [5.74, 6) is -0.886. The van der Waals surface area contributed by atoms with E-state index in [1.54, 1.807) is 30.5 Å². The fourth-order valence-corrected chi connectivity index (χ4v) is 3.10. The van der Waals surface area contributed by atoms with Gasteiger partial charge in [0.1, 0.15) is 17.0 Å². The number of rotatable bonds is 9. The van der Waals surface area contributed by atoms with Crippen LogP contribution in [-0.2, 0) is 16.0 Å². The van der Waals surface area contributed by atoms with E-state index in [0.717, 1.165) is 5.56 Å².